The molecule has 0 saturated heterocycles. The van der Waals surface area contributed by atoms with E-state index in [0.717, 1.165) is 5.56 Å². The highest BCUT2D eigenvalue weighted by Crippen LogP contribution is 2.27. The van der Waals surface area contributed by atoms with Crippen LogP contribution in [-0.4, -0.2) is 30.4 Å². The standard InChI is InChI=1S/C12H15FN2O/c1-2-15-7-8(6-14)10-4-3-9(13)5-11(10)12(15)16/h3-5,8H,2,6-7,14H2,1H3. The molecule has 2 N–H and O–H groups in total. The number of amides is 1. The van der Waals surface area contributed by atoms with E-state index in [1.54, 1.807) is 11.0 Å². The predicted octanol–water partition coefficient (Wildman–Crippen LogP) is 1.34. The third-order valence-corrected chi connectivity index (χ3v) is 3.08. The summed E-state index contributed by atoms with van der Waals surface area (Å²) in [5, 5.41) is 0. The van der Waals surface area contributed by atoms with Crippen molar-refractivity contribution in [2.75, 3.05) is 19.6 Å². The summed E-state index contributed by atoms with van der Waals surface area (Å²) in [6, 6.07) is 4.37. The van der Waals surface area contributed by atoms with E-state index < -0.39 is 0 Å². The number of carbonyl (C=O) groups is 1. The summed E-state index contributed by atoms with van der Waals surface area (Å²) in [6.45, 7) is 3.65. The topological polar surface area (TPSA) is 46.3 Å². The highest BCUT2D eigenvalue weighted by atomic mass is 19.1. The fourth-order valence-corrected chi connectivity index (χ4v) is 2.16. The zero-order chi connectivity index (χ0) is 11.7. The van der Waals surface area contributed by atoms with E-state index in [0.29, 0.717) is 25.2 Å². The first-order valence-electron chi connectivity index (χ1n) is 5.46. The van der Waals surface area contributed by atoms with Crippen LogP contribution >= 0.6 is 0 Å². The van der Waals surface area contributed by atoms with Gasteiger partial charge in [-0.3, -0.25) is 4.79 Å². The maximum atomic E-state index is 13.1. The van der Waals surface area contributed by atoms with Gasteiger partial charge in [0.25, 0.3) is 5.91 Å². The fourth-order valence-electron chi connectivity index (χ4n) is 2.16. The summed E-state index contributed by atoms with van der Waals surface area (Å²) in [7, 11) is 0. The number of likely N-dealkylation sites (N-methyl/N-ethyl adjacent to an activating group) is 1. The quantitative estimate of drug-likeness (QED) is 0.820. The second-order valence-corrected chi connectivity index (χ2v) is 4.01. The van der Waals surface area contributed by atoms with Gasteiger partial charge >= 0.3 is 0 Å². The molecule has 1 unspecified atom stereocenters. The molecule has 0 spiro atoms. The molecule has 1 aliphatic heterocycles. The molecule has 0 aliphatic carbocycles. The van der Waals surface area contributed by atoms with Gasteiger partial charge in [-0.25, -0.2) is 4.39 Å². The van der Waals surface area contributed by atoms with Gasteiger partial charge < -0.3 is 10.6 Å². The molecular formula is C12H15FN2O. The van der Waals surface area contributed by atoms with Gasteiger partial charge in [0.1, 0.15) is 5.82 Å². The molecule has 1 aromatic rings. The second kappa shape index (κ2) is 4.22. The molecule has 0 radical (unpaired) electrons. The summed E-state index contributed by atoms with van der Waals surface area (Å²) < 4.78 is 13.1. The van der Waals surface area contributed by atoms with Crippen LogP contribution in [0.15, 0.2) is 18.2 Å². The molecule has 1 aliphatic rings. The molecule has 0 aromatic heterocycles. The molecule has 0 bridgehead atoms. The van der Waals surface area contributed by atoms with Gasteiger partial charge in [-0.1, -0.05) is 6.07 Å². The SMILES string of the molecule is CCN1CC(CN)c2ccc(F)cc2C1=O. The molecule has 16 heavy (non-hydrogen) atoms. The highest BCUT2D eigenvalue weighted by Gasteiger charge is 2.29. The molecule has 1 heterocycles. The van der Waals surface area contributed by atoms with Crippen LogP contribution < -0.4 is 5.73 Å². The Kier molecular flexibility index (Phi) is 2.92. The van der Waals surface area contributed by atoms with Gasteiger partial charge in [-0.15, -0.1) is 0 Å². The van der Waals surface area contributed by atoms with Crippen LogP contribution in [0, 0.1) is 5.82 Å². The Bertz CT molecular complexity index is 419. The smallest absolute Gasteiger partial charge is 0.254 e. The zero-order valence-corrected chi connectivity index (χ0v) is 9.24. The Morgan fingerprint density at radius 1 is 1.56 bits per heavy atom. The lowest BCUT2D eigenvalue weighted by Crippen LogP contribution is -2.41. The molecule has 1 aromatic carbocycles. The van der Waals surface area contributed by atoms with Crippen molar-refractivity contribution < 1.29 is 9.18 Å². The Labute approximate surface area is 94.0 Å². The summed E-state index contributed by atoms with van der Waals surface area (Å²) in [4.78, 5) is 13.7. The van der Waals surface area contributed by atoms with Crippen molar-refractivity contribution in [2.24, 2.45) is 5.73 Å². The number of halogens is 1. The van der Waals surface area contributed by atoms with E-state index in [1.165, 1.54) is 12.1 Å². The first kappa shape index (κ1) is 11.1. The third kappa shape index (κ3) is 1.69. The van der Waals surface area contributed by atoms with Crippen molar-refractivity contribution in [1.82, 2.24) is 4.90 Å². The normalized spacial score (nSPS) is 19.8. The average molecular weight is 222 g/mol. The Hall–Kier alpha value is -1.42. The van der Waals surface area contributed by atoms with Crippen molar-refractivity contribution in [3.8, 4) is 0 Å². The first-order valence-corrected chi connectivity index (χ1v) is 5.46. The molecule has 0 fully saturated rings. The number of fused-ring (bicyclic) bond motifs is 1. The molecule has 86 valence electrons. The van der Waals surface area contributed by atoms with Crippen LogP contribution in [0.5, 0.6) is 0 Å². The number of benzene rings is 1. The van der Waals surface area contributed by atoms with Crippen LogP contribution in [0.2, 0.25) is 0 Å². The largest absolute Gasteiger partial charge is 0.338 e. The van der Waals surface area contributed by atoms with E-state index in [9.17, 15) is 9.18 Å². The van der Waals surface area contributed by atoms with E-state index in [2.05, 4.69) is 0 Å². The third-order valence-electron chi connectivity index (χ3n) is 3.08. The van der Waals surface area contributed by atoms with Crippen LogP contribution in [0.25, 0.3) is 0 Å². The Balaban J connectivity index is 2.49. The predicted molar refractivity (Wildman–Crippen MR) is 59.8 cm³/mol. The van der Waals surface area contributed by atoms with Crippen molar-refractivity contribution >= 4 is 5.91 Å². The van der Waals surface area contributed by atoms with Crippen molar-refractivity contribution in [1.29, 1.82) is 0 Å². The molecule has 1 amide bonds. The Morgan fingerprint density at radius 2 is 2.31 bits per heavy atom. The summed E-state index contributed by atoms with van der Waals surface area (Å²) in [5.41, 5.74) is 7.02. The average Bonchev–Trinajstić information content (AvgIpc) is 2.30. The number of carbonyl (C=O) groups excluding carboxylic acids is 1. The van der Waals surface area contributed by atoms with Gasteiger partial charge in [0.05, 0.1) is 0 Å². The van der Waals surface area contributed by atoms with Gasteiger partial charge in [-0.2, -0.15) is 0 Å². The summed E-state index contributed by atoms with van der Waals surface area (Å²) >= 11 is 0. The van der Waals surface area contributed by atoms with Crippen molar-refractivity contribution in [3.63, 3.8) is 0 Å². The maximum absolute atomic E-state index is 13.1. The van der Waals surface area contributed by atoms with E-state index in [4.69, 9.17) is 5.73 Å². The minimum Gasteiger partial charge on any atom is -0.338 e. The molecule has 0 saturated carbocycles. The molecule has 2 rings (SSSR count). The number of rotatable bonds is 2. The first-order chi connectivity index (χ1) is 7.67. The van der Waals surface area contributed by atoms with Gasteiger partial charge in [0.15, 0.2) is 0 Å². The summed E-state index contributed by atoms with van der Waals surface area (Å²) in [5.74, 6) is -0.351. The lowest BCUT2D eigenvalue weighted by molar-refractivity contribution is 0.0732. The van der Waals surface area contributed by atoms with Crippen LogP contribution in [0.4, 0.5) is 4.39 Å². The minimum atomic E-state index is -0.374. The van der Waals surface area contributed by atoms with Crippen molar-refractivity contribution in [2.45, 2.75) is 12.8 Å². The van der Waals surface area contributed by atoms with Crippen LogP contribution in [0.3, 0.4) is 0 Å². The van der Waals surface area contributed by atoms with E-state index >= 15 is 0 Å². The zero-order valence-electron chi connectivity index (χ0n) is 9.24. The van der Waals surface area contributed by atoms with Crippen LogP contribution in [-0.2, 0) is 0 Å². The molecular weight excluding hydrogens is 207 g/mol. The minimum absolute atomic E-state index is 0.0956. The van der Waals surface area contributed by atoms with E-state index in [1.807, 2.05) is 6.92 Å². The van der Waals surface area contributed by atoms with Gasteiger partial charge in [-0.05, 0) is 24.6 Å². The fraction of sp³-hybridized carbons (Fsp3) is 0.417. The Morgan fingerprint density at radius 3 is 2.94 bits per heavy atom. The lowest BCUT2D eigenvalue weighted by Gasteiger charge is -2.33. The number of hydrogen-bond donors (Lipinski definition) is 1. The lowest BCUT2D eigenvalue weighted by atomic mass is 9.89. The van der Waals surface area contributed by atoms with E-state index in [-0.39, 0.29) is 17.6 Å². The second-order valence-electron chi connectivity index (χ2n) is 4.01. The number of hydrogen-bond acceptors (Lipinski definition) is 2. The maximum Gasteiger partial charge on any atom is 0.254 e. The molecule has 4 heteroatoms. The summed E-state index contributed by atoms with van der Waals surface area (Å²) in [6.07, 6.45) is 0. The van der Waals surface area contributed by atoms with Crippen LogP contribution in [0.1, 0.15) is 28.8 Å². The number of nitrogens with two attached hydrogens (primary N) is 1. The highest BCUT2D eigenvalue weighted by molar-refractivity contribution is 5.97. The monoisotopic (exact) mass is 222 g/mol. The van der Waals surface area contributed by atoms with Crippen molar-refractivity contribution in [3.05, 3.63) is 35.1 Å². The molecule has 3 nitrogen and oxygen atoms in total. The van der Waals surface area contributed by atoms with Gasteiger partial charge in [0, 0.05) is 31.1 Å². The number of nitrogens with zero attached hydrogens (tertiary/aromatic N) is 1. The molecule has 1 atom stereocenters. The van der Waals surface area contributed by atoms with Gasteiger partial charge in [0.2, 0.25) is 0 Å².